The molecule has 1 aliphatic heterocycles. The van der Waals surface area contributed by atoms with Crippen molar-refractivity contribution in [3.05, 3.63) is 118 Å². The van der Waals surface area contributed by atoms with E-state index >= 15 is 0 Å². The summed E-state index contributed by atoms with van der Waals surface area (Å²) in [6, 6.07) is 15.6. The molecule has 0 saturated carbocycles. The third-order valence-electron chi connectivity index (χ3n) is 5.97. The molecule has 9 nitrogen and oxygen atoms in total. The number of hydrogen-bond acceptors (Lipinski definition) is 8. The summed E-state index contributed by atoms with van der Waals surface area (Å²) in [7, 11) is 0. The maximum Gasteiger partial charge on any atom is 0.338 e. The Morgan fingerprint density at radius 1 is 1.21 bits per heavy atom. The van der Waals surface area contributed by atoms with Gasteiger partial charge in [0.1, 0.15) is 11.5 Å². The Hall–Kier alpha value is -4.28. The first-order chi connectivity index (χ1) is 18.3. The van der Waals surface area contributed by atoms with E-state index in [0.29, 0.717) is 42.7 Å². The molecular weight excluding hydrogens is 530 g/mol. The molecule has 0 unspecified atom stereocenters. The molecule has 3 heterocycles. The Morgan fingerprint density at radius 3 is 2.66 bits per heavy atom. The van der Waals surface area contributed by atoms with Gasteiger partial charge in [0, 0.05) is 17.2 Å². The molecule has 1 atom stereocenters. The van der Waals surface area contributed by atoms with Gasteiger partial charge in [0.05, 0.1) is 38.9 Å². The predicted molar refractivity (Wildman–Crippen MR) is 143 cm³/mol. The molecule has 0 bridgehead atoms. The van der Waals surface area contributed by atoms with Crippen molar-refractivity contribution in [1.29, 1.82) is 0 Å². The normalized spacial score (nSPS) is 15.2. The van der Waals surface area contributed by atoms with Gasteiger partial charge in [-0.15, -0.1) is 0 Å². The first kappa shape index (κ1) is 25.4. The molecule has 5 rings (SSSR count). The van der Waals surface area contributed by atoms with Crippen LogP contribution in [0, 0.1) is 10.1 Å². The maximum absolute atomic E-state index is 13.7. The second kappa shape index (κ2) is 10.2. The number of nitrogens with zero attached hydrogens (tertiary/aromatic N) is 3. The number of nitro benzene ring substituents is 1. The van der Waals surface area contributed by atoms with Crippen molar-refractivity contribution >= 4 is 40.7 Å². The zero-order valence-electron chi connectivity index (χ0n) is 20.2. The molecule has 0 fully saturated rings. The molecule has 2 aromatic heterocycles. The highest BCUT2D eigenvalue weighted by Gasteiger charge is 2.33. The van der Waals surface area contributed by atoms with Crippen LogP contribution < -0.4 is 14.9 Å². The van der Waals surface area contributed by atoms with Crippen molar-refractivity contribution in [3.8, 4) is 11.3 Å². The van der Waals surface area contributed by atoms with E-state index in [0.717, 1.165) is 11.3 Å². The van der Waals surface area contributed by atoms with Crippen LogP contribution in [-0.4, -0.2) is 22.1 Å². The minimum absolute atomic E-state index is 0.0855. The van der Waals surface area contributed by atoms with Gasteiger partial charge in [0.15, 0.2) is 4.80 Å². The molecule has 0 amide bonds. The highest BCUT2D eigenvalue weighted by molar-refractivity contribution is 7.07. The highest BCUT2D eigenvalue weighted by Crippen LogP contribution is 2.32. The molecule has 192 valence electrons. The van der Waals surface area contributed by atoms with E-state index in [1.807, 2.05) is 0 Å². The number of allylic oxidation sites excluding steroid dienone is 1. The number of esters is 1. The average Bonchev–Trinajstić information content (AvgIpc) is 3.48. The van der Waals surface area contributed by atoms with Crippen LogP contribution in [0.3, 0.4) is 0 Å². The SMILES string of the molecule is CCOC(=O)C1=C(C)N=c2s/c(=C/c3ccc(-c4ccccc4[N+](=O)[O-])o3)c(=O)n2[C@@H]1c1ccc(Cl)cc1. The van der Waals surface area contributed by atoms with Crippen molar-refractivity contribution in [3.63, 3.8) is 0 Å². The van der Waals surface area contributed by atoms with E-state index in [1.165, 1.54) is 10.6 Å². The fraction of sp³-hybridized carbons (Fsp3) is 0.148. The molecule has 1 aliphatic rings. The Labute approximate surface area is 224 Å². The van der Waals surface area contributed by atoms with Gasteiger partial charge in [-0.3, -0.25) is 19.5 Å². The number of carbonyl (C=O) groups excluding carboxylic acids is 1. The predicted octanol–water partition coefficient (Wildman–Crippen LogP) is 4.62. The van der Waals surface area contributed by atoms with Crippen LogP contribution in [0.5, 0.6) is 0 Å². The number of hydrogen-bond donors (Lipinski definition) is 0. The van der Waals surface area contributed by atoms with Crippen molar-refractivity contribution in [1.82, 2.24) is 4.57 Å². The number of para-hydroxylation sites is 1. The van der Waals surface area contributed by atoms with Crippen LogP contribution in [-0.2, 0) is 9.53 Å². The lowest BCUT2D eigenvalue weighted by Gasteiger charge is -2.24. The fourth-order valence-electron chi connectivity index (χ4n) is 4.30. The number of fused-ring (bicyclic) bond motifs is 1. The summed E-state index contributed by atoms with van der Waals surface area (Å²) in [5.41, 5.74) is 1.27. The van der Waals surface area contributed by atoms with Gasteiger partial charge in [0.25, 0.3) is 11.2 Å². The summed E-state index contributed by atoms with van der Waals surface area (Å²) in [5.74, 6) is 0.0895. The number of benzene rings is 2. The third-order valence-corrected chi connectivity index (χ3v) is 7.20. The number of aromatic nitrogens is 1. The summed E-state index contributed by atoms with van der Waals surface area (Å²) in [6.07, 6.45) is 1.56. The van der Waals surface area contributed by atoms with Crippen molar-refractivity contribution in [2.24, 2.45) is 4.99 Å². The summed E-state index contributed by atoms with van der Waals surface area (Å²) in [4.78, 5) is 42.5. The molecule has 0 spiro atoms. The van der Waals surface area contributed by atoms with E-state index in [2.05, 4.69) is 4.99 Å². The highest BCUT2D eigenvalue weighted by atomic mass is 35.5. The third kappa shape index (κ3) is 4.59. The minimum Gasteiger partial charge on any atom is -0.463 e. The number of halogens is 1. The van der Waals surface area contributed by atoms with Crippen LogP contribution in [0.4, 0.5) is 5.69 Å². The van der Waals surface area contributed by atoms with E-state index < -0.39 is 16.9 Å². The van der Waals surface area contributed by atoms with E-state index in [4.69, 9.17) is 20.8 Å². The van der Waals surface area contributed by atoms with Gasteiger partial charge in [0.2, 0.25) is 0 Å². The van der Waals surface area contributed by atoms with Gasteiger partial charge in [-0.1, -0.05) is 47.2 Å². The molecule has 0 aliphatic carbocycles. The number of carbonyl (C=O) groups is 1. The van der Waals surface area contributed by atoms with Crippen molar-refractivity contribution in [2.75, 3.05) is 6.61 Å². The first-order valence-electron chi connectivity index (χ1n) is 11.6. The Morgan fingerprint density at radius 2 is 1.95 bits per heavy atom. The summed E-state index contributed by atoms with van der Waals surface area (Å²) in [6.45, 7) is 3.59. The van der Waals surface area contributed by atoms with Crippen LogP contribution in [0.25, 0.3) is 17.4 Å². The summed E-state index contributed by atoms with van der Waals surface area (Å²) >= 11 is 7.24. The van der Waals surface area contributed by atoms with Crippen LogP contribution in [0.15, 0.2) is 86.1 Å². The topological polar surface area (TPSA) is 117 Å². The summed E-state index contributed by atoms with van der Waals surface area (Å²) in [5, 5.41) is 11.9. The van der Waals surface area contributed by atoms with Gasteiger partial charge >= 0.3 is 5.97 Å². The monoisotopic (exact) mass is 549 g/mol. The van der Waals surface area contributed by atoms with E-state index in [1.54, 1.807) is 74.5 Å². The largest absolute Gasteiger partial charge is 0.463 e. The van der Waals surface area contributed by atoms with E-state index in [-0.39, 0.29) is 23.4 Å². The molecular formula is C27H20ClN3O6S. The second-order valence-electron chi connectivity index (χ2n) is 8.33. The Balaban J connectivity index is 1.64. The fourth-order valence-corrected chi connectivity index (χ4v) is 5.45. The van der Waals surface area contributed by atoms with Gasteiger partial charge in [-0.2, -0.15) is 0 Å². The quantitative estimate of drug-likeness (QED) is 0.197. The van der Waals surface area contributed by atoms with Crippen molar-refractivity contribution in [2.45, 2.75) is 19.9 Å². The number of furan rings is 1. The first-order valence-corrected chi connectivity index (χ1v) is 12.8. The maximum atomic E-state index is 13.7. The molecule has 38 heavy (non-hydrogen) atoms. The lowest BCUT2D eigenvalue weighted by atomic mass is 9.96. The van der Waals surface area contributed by atoms with Crippen molar-refractivity contribution < 1.29 is 18.9 Å². The van der Waals surface area contributed by atoms with E-state index in [9.17, 15) is 19.7 Å². The smallest absolute Gasteiger partial charge is 0.338 e. The van der Waals surface area contributed by atoms with Crippen LogP contribution in [0.2, 0.25) is 5.02 Å². The van der Waals surface area contributed by atoms with Gasteiger partial charge in [-0.25, -0.2) is 9.79 Å². The number of ether oxygens (including phenoxy) is 1. The average molecular weight is 550 g/mol. The minimum atomic E-state index is -0.760. The van der Waals surface area contributed by atoms with Gasteiger partial charge in [-0.05, 0) is 49.7 Å². The van der Waals surface area contributed by atoms with Gasteiger partial charge < -0.3 is 9.15 Å². The van der Waals surface area contributed by atoms with Crippen LogP contribution in [0.1, 0.15) is 31.2 Å². The molecule has 4 aromatic rings. The molecule has 2 aromatic carbocycles. The zero-order valence-corrected chi connectivity index (χ0v) is 21.8. The Kier molecular flexibility index (Phi) is 6.83. The standard InChI is InChI=1S/C27H20ClN3O6S/c1-3-36-26(33)23-15(2)29-27-30(24(23)16-8-10-17(28)11-9-16)25(32)22(38-27)14-18-12-13-21(37-18)19-6-4-5-7-20(19)31(34)35/h4-14,24H,3H2,1-2H3/b22-14+/t24-/m1/s1. The Bertz CT molecular complexity index is 1780. The zero-order chi connectivity index (χ0) is 27.0. The molecule has 0 N–H and O–H groups in total. The van der Waals surface area contributed by atoms with Crippen LogP contribution >= 0.6 is 22.9 Å². The molecule has 11 heteroatoms. The lowest BCUT2D eigenvalue weighted by Crippen LogP contribution is -2.39. The number of thiazole rings is 1. The summed E-state index contributed by atoms with van der Waals surface area (Å²) < 4.78 is 12.9. The number of nitro groups is 1. The number of rotatable bonds is 6. The lowest BCUT2D eigenvalue weighted by molar-refractivity contribution is -0.384. The second-order valence-corrected chi connectivity index (χ2v) is 9.78. The molecule has 0 saturated heterocycles. The molecule has 0 radical (unpaired) electrons.